The Labute approximate surface area is 198 Å². The number of rotatable bonds is 8. The first-order chi connectivity index (χ1) is 16.8. The molecular weight excluding hydrogens is 428 g/mol. The van der Waals surface area contributed by atoms with E-state index in [4.69, 9.17) is 4.74 Å². The molecule has 2 aromatic carbocycles. The van der Waals surface area contributed by atoms with Crippen LogP contribution in [0.2, 0.25) is 0 Å². The van der Waals surface area contributed by atoms with Crippen LogP contribution >= 0.6 is 0 Å². The number of anilines is 2. The first-order valence-electron chi connectivity index (χ1n) is 11.6. The zero-order valence-corrected chi connectivity index (χ0v) is 19.0. The Hall–Kier alpha value is -3.75. The van der Waals surface area contributed by atoms with Gasteiger partial charge in [0.1, 0.15) is 0 Å². The molecule has 0 saturated carbocycles. The molecule has 0 radical (unpaired) electrons. The van der Waals surface area contributed by atoms with Crippen LogP contribution in [0.5, 0.6) is 0 Å². The van der Waals surface area contributed by atoms with Crippen molar-refractivity contribution in [2.24, 2.45) is 0 Å². The minimum absolute atomic E-state index is 0.0182. The summed E-state index contributed by atoms with van der Waals surface area (Å²) >= 11 is 0. The van der Waals surface area contributed by atoms with E-state index in [1.165, 1.54) is 0 Å². The van der Waals surface area contributed by atoms with E-state index in [-0.39, 0.29) is 5.91 Å². The van der Waals surface area contributed by atoms with E-state index < -0.39 is 0 Å². The zero-order chi connectivity index (χ0) is 23.2. The second kappa shape index (κ2) is 10.5. The Morgan fingerprint density at radius 3 is 2.53 bits per heavy atom. The highest BCUT2D eigenvalue weighted by Crippen LogP contribution is 2.25. The first-order valence-corrected chi connectivity index (χ1v) is 11.6. The fourth-order valence-corrected chi connectivity index (χ4v) is 4.18. The van der Waals surface area contributed by atoms with Crippen molar-refractivity contribution in [1.29, 1.82) is 0 Å². The number of ether oxygens (including phenoxy) is 1. The summed E-state index contributed by atoms with van der Waals surface area (Å²) in [6, 6.07) is 21.8. The quantitative estimate of drug-likeness (QED) is 0.424. The topological polar surface area (TPSA) is 84.3 Å². The van der Waals surface area contributed by atoms with Crippen LogP contribution in [0.3, 0.4) is 0 Å². The number of nitrogens with one attached hydrogen (secondary N) is 2. The molecule has 1 aliphatic rings. The lowest BCUT2D eigenvalue weighted by Crippen LogP contribution is -2.41. The van der Waals surface area contributed by atoms with E-state index in [2.05, 4.69) is 25.7 Å². The van der Waals surface area contributed by atoms with Gasteiger partial charge in [-0.05, 0) is 35.9 Å². The number of carbonyl (C=O) groups is 1. The second-order valence-electron chi connectivity index (χ2n) is 8.29. The molecule has 0 bridgehead atoms. The molecule has 4 aromatic rings. The predicted molar refractivity (Wildman–Crippen MR) is 133 cm³/mol. The van der Waals surface area contributed by atoms with Gasteiger partial charge in [0.25, 0.3) is 0 Å². The van der Waals surface area contributed by atoms with Crippen molar-refractivity contribution in [3.05, 3.63) is 78.5 Å². The molecule has 2 N–H and O–H groups in total. The average molecular weight is 457 g/mol. The van der Waals surface area contributed by atoms with Crippen molar-refractivity contribution in [1.82, 2.24) is 25.0 Å². The van der Waals surface area contributed by atoms with Crippen molar-refractivity contribution in [2.45, 2.75) is 6.42 Å². The van der Waals surface area contributed by atoms with E-state index in [0.29, 0.717) is 24.6 Å². The highest BCUT2D eigenvalue weighted by atomic mass is 16.5. The van der Waals surface area contributed by atoms with Gasteiger partial charge < -0.3 is 15.4 Å². The van der Waals surface area contributed by atoms with E-state index in [9.17, 15) is 4.79 Å². The predicted octanol–water partition coefficient (Wildman–Crippen LogP) is 3.16. The summed E-state index contributed by atoms with van der Waals surface area (Å²) in [4.78, 5) is 15.0. The number of amides is 1. The summed E-state index contributed by atoms with van der Waals surface area (Å²) in [5, 5.41) is 16.1. The van der Waals surface area contributed by atoms with E-state index in [1.54, 1.807) is 0 Å². The van der Waals surface area contributed by atoms with Gasteiger partial charge in [0, 0.05) is 43.4 Å². The number of benzene rings is 2. The second-order valence-corrected chi connectivity index (χ2v) is 8.29. The Balaban J connectivity index is 1.28. The highest BCUT2D eigenvalue weighted by molar-refractivity contribution is 5.90. The lowest BCUT2D eigenvalue weighted by Gasteiger charge is -2.26. The third-order valence-electron chi connectivity index (χ3n) is 5.94. The monoisotopic (exact) mass is 456 g/mol. The Kier molecular flexibility index (Phi) is 6.78. The largest absolute Gasteiger partial charge is 0.379 e. The van der Waals surface area contributed by atoms with Crippen molar-refractivity contribution in [3.8, 4) is 5.82 Å². The maximum atomic E-state index is 12.7. The van der Waals surface area contributed by atoms with Gasteiger partial charge in [0.05, 0.1) is 25.2 Å². The summed E-state index contributed by atoms with van der Waals surface area (Å²) < 4.78 is 7.37. The van der Waals surface area contributed by atoms with Crippen molar-refractivity contribution < 1.29 is 9.53 Å². The molecule has 1 aliphatic heterocycles. The van der Waals surface area contributed by atoms with Gasteiger partial charge in [-0.1, -0.05) is 36.4 Å². The zero-order valence-electron chi connectivity index (χ0n) is 19.0. The fraction of sp³-hybridized carbons (Fsp3) is 0.269. The maximum Gasteiger partial charge on any atom is 0.224 e. The molecule has 1 fully saturated rings. The molecular formula is C26H28N6O2. The fourth-order valence-electron chi connectivity index (χ4n) is 4.18. The van der Waals surface area contributed by atoms with Gasteiger partial charge in [-0.2, -0.15) is 0 Å². The molecule has 0 atom stereocenters. The number of hydrogen-bond acceptors (Lipinski definition) is 6. The van der Waals surface area contributed by atoms with Crippen LogP contribution in [0.25, 0.3) is 16.7 Å². The van der Waals surface area contributed by atoms with Crippen LogP contribution in [0.15, 0.2) is 72.9 Å². The Morgan fingerprint density at radius 1 is 0.941 bits per heavy atom. The van der Waals surface area contributed by atoms with Gasteiger partial charge >= 0.3 is 0 Å². The lowest BCUT2D eigenvalue weighted by atomic mass is 10.1. The molecule has 8 heteroatoms. The number of morpholine rings is 1. The van der Waals surface area contributed by atoms with Crippen LogP contribution in [0, 0.1) is 0 Å². The summed E-state index contributed by atoms with van der Waals surface area (Å²) in [5.74, 6) is 1.39. The SMILES string of the molecule is O=C(Cc1cn(-c2ccc(Nc3ccccc3)nn2)c2ccccc12)NCCN1CCOCC1. The molecule has 3 heterocycles. The summed E-state index contributed by atoms with van der Waals surface area (Å²) in [7, 11) is 0. The molecule has 1 saturated heterocycles. The van der Waals surface area contributed by atoms with Crippen molar-refractivity contribution in [3.63, 3.8) is 0 Å². The van der Waals surface area contributed by atoms with Crippen LogP contribution in [-0.2, 0) is 16.0 Å². The highest BCUT2D eigenvalue weighted by Gasteiger charge is 2.15. The van der Waals surface area contributed by atoms with E-state index in [1.807, 2.05) is 77.5 Å². The number of aromatic nitrogens is 3. The Morgan fingerprint density at radius 2 is 1.74 bits per heavy atom. The number of para-hydroxylation sites is 2. The molecule has 34 heavy (non-hydrogen) atoms. The standard InChI is InChI=1S/C26H28N6O2/c33-26(27-12-13-31-14-16-34-17-15-31)18-20-19-32(23-9-5-4-8-22(20)23)25-11-10-24(29-30-25)28-21-6-2-1-3-7-21/h1-11,19H,12-18H2,(H,27,33)(H,28,29). The molecule has 174 valence electrons. The van der Waals surface area contributed by atoms with Gasteiger partial charge in [-0.15, -0.1) is 10.2 Å². The normalized spacial score (nSPS) is 14.2. The van der Waals surface area contributed by atoms with Crippen molar-refractivity contribution >= 4 is 28.3 Å². The van der Waals surface area contributed by atoms with Crippen LogP contribution < -0.4 is 10.6 Å². The summed E-state index contributed by atoms with van der Waals surface area (Å²) in [5.41, 5.74) is 2.92. The number of hydrogen-bond donors (Lipinski definition) is 2. The van der Waals surface area contributed by atoms with E-state index in [0.717, 1.165) is 55.0 Å². The minimum Gasteiger partial charge on any atom is -0.379 e. The average Bonchev–Trinajstić information content (AvgIpc) is 3.24. The molecule has 2 aromatic heterocycles. The molecule has 0 aliphatic carbocycles. The molecule has 0 spiro atoms. The van der Waals surface area contributed by atoms with Gasteiger partial charge in [0.2, 0.25) is 5.91 Å². The third-order valence-corrected chi connectivity index (χ3v) is 5.94. The molecule has 1 amide bonds. The number of carbonyl (C=O) groups excluding carboxylic acids is 1. The lowest BCUT2D eigenvalue weighted by molar-refractivity contribution is -0.120. The molecule has 5 rings (SSSR count). The Bertz CT molecular complexity index is 1230. The van der Waals surface area contributed by atoms with Crippen LogP contribution in [-0.4, -0.2) is 65.0 Å². The molecule has 8 nitrogen and oxygen atoms in total. The number of nitrogens with zero attached hydrogens (tertiary/aromatic N) is 4. The van der Waals surface area contributed by atoms with E-state index >= 15 is 0 Å². The minimum atomic E-state index is 0.0182. The first kappa shape index (κ1) is 22.1. The van der Waals surface area contributed by atoms with Crippen LogP contribution in [0.4, 0.5) is 11.5 Å². The number of fused-ring (bicyclic) bond motifs is 1. The van der Waals surface area contributed by atoms with Gasteiger partial charge in [-0.3, -0.25) is 14.3 Å². The molecule has 0 unspecified atom stereocenters. The summed E-state index contributed by atoms with van der Waals surface area (Å²) in [6.07, 6.45) is 2.30. The van der Waals surface area contributed by atoms with Crippen molar-refractivity contribution in [2.75, 3.05) is 44.7 Å². The third kappa shape index (κ3) is 5.24. The van der Waals surface area contributed by atoms with Crippen LogP contribution in [0.1, 0.15) is 5.56 Å². The van der Waals surface area contributed by atoms with Gasteiger partial charge in [-0.25, -0.2) is 0 Å². The smallest absolute Gasteiger partial charge is 0.224 e. The van der Waals surface area contributed by atoms with Gasteiger partial charge in [0.15, 0.2) is 11.6 Å². The maximum absolute atomic E-state index is 12.7. The summed E-state index contributed by atoms with van der Waals surface area (Å²) in [6.45, 7) is 4.85.